The van der Waals surface area contributed by atoms with Crippen LogP contribution in [-0.2, 0) is 11.3 Å². The summed E-state index contributed by atoms with van der Waals surface area (Å²) in [6.45, 7) is 6.72. The highest BCUT2D eigenvalue weighted by molar-refractivity contribution is 5.58. The Hall–Kier alpha value is -3.50. The first-order chi connectivity index (χ1) is 16.8. The number of fused-ring (bicyclic) bond motifs is 1. The van der Waals surface area contributed by atoms with Crippen molar-refractivity contribution < 1.29 is 13.5 Å². The van der Waals surface area contributed by atoms with Gasteiger partial charge in [0.2, 0.25) is 11.8 Å². The van der Waals surface area contributed by atoms with Crippen molar-refractivity contribution in [1.82, 2.24) is 24.5 Å². The van der Waals surface area contributed by atoms with E-state index < -0.39 is 0 Å². The van der Waals surface area contributed by atoms with Crippen molar-refractivity contribution in [2.45, 2.75) is 6.54 Å². The van der Waals surface area contributed by atoms with Gasteiger partial charge in [-0.3, -0.25) is 4.90 Å². The molecular weight excluding hydrogens is 437 g/mol. The molecule has 2 aliphatic heterocycles. The maximum absolute atomic E-state index is 14.2. The molecule has 0 aliphatic carbocycles. The van der Waals surface area contributed by atoms with Crippen LogP contribution in [0.2, 0.25) is 0 Å². The Balaban J connectivity index is 1.26. The molecule has 34 heavy (non-hydrogen) atoms. The van der Waals surface area contributed by atoms with Gasteiger partial charge in [0.15, 0.2) is 11.4 Å². The quantitative estimate of drug-likeness (QED) is 0.447. The van der Waals surface area contributed by atoms with Gasteiger partial charge in [-0.2, -0.15) is 4.52 Å². The van der Waals surface area contributed by atoms with Crippen LogP contribution in [-0.4, -0.2) is 77.0 Å². The van der Waals surface area contributed by atoms with Gasteiger partial charge < -0.3 is 19.0 Å². The first-order valence-electron chi connectivity index (χ1n) is 11.6. The molecule has 0 bridgehead atoms. The fourth-order valence-corrected chi connectivity index (χ4v) is 4.60. The van der Waals surface area contributed by atoms with E-state index in [4.69, 9.17) is 24.2 Å². The third kappa shape index (κ3) is 3.99. The van der Waals surface area contributed by atoms with E-state index in [2.05, 4.69) is 14.7 Å². The lowest BCUT2D eigenvalue weighted by Crippen LogP contribution is -2.46. The number of ether oxygens (including phenoxy) is 1. The minimum atomic E-state index is -0.172. The van der Waals surface area contributed by atoms with Crippen LogP contribution in [0.3, 0.4) is 0 Å². The summed E-state index contributed by atoms with van der Waals surface area (Å²) in [5.74, 6) is 1.76. The summed E-state index contributed by atoms with van der Waals surface area (Å²) in [5, 5.41) is 4.74. The second kappa shape index (κ2) is 9.03. The van der Waals surface area contributed by atoms with Gasteiger partial charge in [0.05, 0.1) is 25.2 Å². The lowest BCUT2D eigenvalue weighted by molar-refractivity contribution is 0.122. The molecule has 0 unspecified atom stereocenters. The zero-order valence-corrected chi connectivity index (χ0v) is 18.8. The highest BCUT2D eigenvalue weighted by Crippen LogP contribution is 2.25. The zero-order chi connectivity index (χ0) is 22.9. The Bertz CT molecular complexity index is 1260. The zero-order valence-electron chi connectivity index (χ0n) is 18.8. The number of piperazine rings is 1. The fraction of sp³-hybridized carbons (Fsp3) is 0.375. The molecule has 9 nitrogen and oxygen atoms in total. The van der Waals surface area contributed by atoms with E-state index in [1.165, 1.54) is 6.07 Å². The van der Waals surface area contributed by atoms with Crippen molar-refractivity contribution >= 4 is 17.3 Å². The normalized spacial score (nSPS) is 17.6. The van der Waals surface area contributed by atoms with E-state index in [0.29, 0.717) is 37.0 Å². The summed E-state index contributed by atoms with van der Waals surface area (Å²) in [5.41, 5.74) is 2.45. The maximum Gasteiger partial charge on any atom is 0.228 e. The predicted molar refractivity (Wildman–Crippen MR) is 125 cm³/mol. The molecule has 176 valence electrons. The molecule has 6 rings (SSSR count). The Labute approximate surface area is 196 Å². The fourth-order valence-electron chi connectivity index (χ4n) is 4.60. The van der Waals surface area contributed by atoms with Crippen LogP contribution in [0, 0.1) is 5.82 Å². The minimum absolute atomic E-state index is 0.172. The third-order valence-electron chi connectivity index (χ3n) is 6.41. The molecule has 0 amide bonds. The summed E-state index contributed by atoms with van der Waals surface area (Å²) < 4.78 is 27.1. The average Bonchev–Trinajstić information content (AvgIpc) is 3.56. The highest BCUT2D eigenvalue weighted by atomic mass is 19.1. The Morgan fingerprint density at radius 3 is 2.50 bits per heavy atom. The number of hydrogen-bond donors (Lipinski definition) is 0. The van der Waals surface area contributed by atoms with Gasteiger partial charge in [0.1, 0.15) is 5.82 Å². The molecule has 0 saturated carbocycles. The first kappa shape index (κ1) is 21.1. The van der Waals surface area contributed by atoms with Crippen molar-refractivity contribution in [3.8, 4) is 11.6 Å². The SMILES string of the molecule is Fc1ccccc1N1CCN(Cc2cnc(N3CCOCC3)n3nc(-c4ccco4)nc23)CC1. The number of para-hydroxylation sites is 1. The van der Waals surface area contributed by atoms with Crippen molar-refractivity contribution in [3.05, 3.63) is 60.2 Å². The lowest BCUT2D eigenvalue weighted by Gasteiger charge is -2.36. The summed E-state index contributed by atoms with van der Waals surface area (Å²) in [7, 11) is 0. The van der Waals surface area contributed by atoms with Crippen molar-refractivity contribution in [2.75, 3.05) is 62.3 Å². The molecule has 0 spiro atoms. The molecular formula is C24H26FN7O2. The van der Waals surface area contributed by atoms with Gasteiger partial charge in [0, 0.05) is 57.6 Å². The Morgan fingerprint density at radius 2 is 1.74 bits per heavy atom. The molecule has 1 aromatic carbocycles. The number of furan rings is 1. The van der Waals surface area contributed by atoms with Crippen LogP contribution in [0.15, 0.2) is 53.3 Å². The van der Waals surface area contributed by atoms with Gasteiger partial charge in [-0.25, -0.2) is 14.4 Å². The molecule has 10 heteroatoms. The van der Waals surface area contributed by atoms with Crippen LogP contribution in [0.25, 0.3) is 17.2 Å². The van der Waals surface area contributed by atoms with E-state index in [1.54, 1.807) is 12.3 Å². The molecule has 0 atom stereocenters. The second-order valence-electron chi connectivity index (χ2n) is 8.55. The van der Waals surface area contributed by atoms with Crippen LogP contribution in [0.1, 0.15) is 5.56 Å². The highest BCUT2D eigenvalue weighted by Gasteiger charge is 2.24. The molecule has 2 saturated heterocycles. The largest absolute Gasteiger partial charge is 0.461 e. The number of aromatic nitrogens is 4. The Morgan fingerprint density at radius 1 is 0.912 bits per heavy atom. The van der Waals surface area contributed by atoms with Crippen molar-refractivity contribution in [1.29, 1.82) is 0 Å². The maximum atomic E-state index is 14.2. The van der Waals surface area contributed by atoms with Gasteiger partial charge in [-0.15, -0.1) is 5.10 Å². The number of anilines is 2. The lowest BCUT2D eigenvalue weighted by atomic mass is 10.2. The number of rotatable bonds is 5. The van der Waals surface area contributed by atoms with E-state index in [0.717, 1.165) is 56.4 Å². The molecule has 3 aromatic heterocycles. The van der Waals surface area contributed by atoms with Crippen LogP contribution < -0.4 is 9.80 Å². The van der Waals surface area contributed by atoms with Gasteiger partial charge in [-0.05, 0) is 24.3 Å². The van der Waals surface area contributed by atoms with Gasteiger partial charge >= 0.3 is 0 Å². The number of halogens is 1. The summed E-state index contributed by atoms with van der Waals surface area (Å²) in [6.07, 6.45) is 3.53. The van der Waals surface area contributed by atoms with Crippen molar-refractivity contribution in [2.24, 2.45) is 0 Å². The van der Waals surface area contributed by atoms with Crippen LogP contribution in [0.5, 0.6) is 0 Å². The predicted octanol–water partition coefficient (Wildman–Crippen LogP) is 2.68. The number of benzene rings is 1. The van der Waals surface area contributed by atoms with E-state index >= 15 is 0 Å². The molecule has 2 aliphatic rings. The van der Waals surface area contributed by atoms with Gasteiger partial charge in [0.25, 0.3) is 0 Å². The minimum Gasteiger partial charge on any atom is -0.461 e. The molecule has 0 N–H and O–H groups in total. The molecule has 2 fully saturated rings. The number of hydrogen-bond acceptors (Lipinski definition) is 8. The third-order valence-corrected chi connectivity index (χ3v) is 6.41. The standard InChI is InChI=1S/C24H26FN7O2/c25-19-4-1-2-5-20(19)30-9-7-29(8-10-30)17-18-16-26-24(31-11-14-33-15-12-31)32-23(18)27-22(28-32)21-6-3-13-34-21/h1-6,13,16H,7-12,14-15,17H2. The van der Waals surface area contributed by atoms with Gasteiger partial charge in [-0.1, -0.05) is 12.1 Å². The first-order valence-corrected chi connectivity index (χ1v) is 11.6. The second-order valence-corrected chi connectivity index (χ2v) is 8.55. The van der Waals surface area contributed by atoms with E-state index in [1.807, 2.05) is 35.0 Å². The number of morpholine rings is 1. The molecule has 0 radical (unpaired) electrons. The smallest absolute Gasteiger partial charge is 0.228 e. The van der Waals surface area contributed by atoms with Crippen molar-refractivity contribution in [3.63, 3.8) is 0 Å². The number of nitrogens with zero attached hydrogens (tertiary/aromatic N) is 7. The molecule has 5 heterocycles. The summed E-state index contributed by atoms with van der Waals surface area (Å²) in [6, 6.07) is 10.7. The van der Waals surface area contributed by atoms with Crippen LogP contribution in [0.4, 0.5) is 16.0 Å². The summed E-state index contributed by atoms with van der Waals surface area (Å²) >= 11 is 0. The average molecular weight is 464 g/mol. The molecule has 4 aromatic rings. The van der Waals surface area contributed by atoms with E-state index in [-0.39, 0.29) is 5.82 Å². The topological polar surface area (TPSA) is 75.2 Å². The Kier molecular flexibility index (Phi) is 5.60. The monoisotopic (exact) mass is 463 g/mol. The summed E-state index contributed by atoms with van der Waals surface area (Å²) in [4.78, 5) is 16.2. The van der Waals surface area contributed by atoms with E-state index in [9.17, 15) is 4.39 Å². The van der Waals surface area contributed by atoms with Crippen LogP contribution >= 0.6 is 0 Å².